The summed E-state index contributed by atoms with van der Waals surface area (Å²) in [5.41, 5.74) is 1.81. The van der Waals surface area contributed by atoms with E-state index >= 15 is 0 Å². The van der Waals surface area contributed by atoms with Crippen LogP contribution in [0.25, 0.3) is 0 Å². The lowest BCUT2D eigenvalue weighted by molar-refractivity contribution is 0.0600. The molecule has 1 atom stereocenters. The molecule has 0 spiro atoms. The zero-order chi connectivity index (χ0) is 14.4. The first-order valence-corrected chi connectivity index (χ1v) is 7.26. The van der Waals surface area contributed by atoms with Gasteiger partial charge in [-0.25, -0.2) is 4.79 Å². The fourth-order valence-electron chi connectivity index (χ4n) is 2.86. The second-order valence-corrected chi connectivity index (χ2v) is 5.32. The average Bonchev–Trinajstić information content (AvgIpc) is 2.92. The Hall–Kier alpha value is -1.39. The van der Waals surface area contributed by atoms with Gasteiger partial charge in [0.05, 0.1) is 12.7 Å². The van der Waals surface area contributed by atoms with Crippen LogP contribution in [0.5, 0.6) is 0 Å². The molecule has 1 saturated heterocycles. The summed E-state index contributed by atoms with van der Waals surface area (Å²) in [7, 11) is 1.40. The maximum atomic E-state index is 11.4. The van der Waals surface area contributed by atoms with Gasteiger partial charge >= 0.3 is 5.97 Å². The van der Waals surface area contributed by atoms with Crippen LogP contribution in [0.15, 0.2) is 24.3 Å². The summed E-state index contributed by atoms with van der Waals surface area (Å²) in [4.78, 5) is 13.9. The van der Waals surface area contributed by atoms with Crippen LogP contribution in [-0.4, -0.2) is 42.3 Å². The van der Waals surface area contributed by atoms with Crippen molar-refractivity contribution in [2.45, 2.75) is 38.3 Å². The molecule has 0 radical (unpaired) electrons. The minimum Gasteiger partial charge on any atom is -0.465 e. The van der Waals surface area contributed by atoms with Gasteiger partial charge in [-0.1, -0.05) is 12.1 Å². The van der Waals surface area contributed by atoms with Gasteiger partial charge in [0.2, 0.25) is 0 Å². The normalized spacial score (nSPS) is 19.2. The second kappa shape index (κ2) is 7.41. The lowest BCUT2D eigenvalue weighted by Crippen LogP contribution is -2.29. The van der Waals surface area contributed by atoms with Gasteiger partial charge in [0.1, 0.15) is 0 Å². The molecule has 1 fully saturated rings. The number of carbonyl (C=O) groups is 1. The Morgan fingerprint density at radius 2 is 2.15 bits per heavy atom. The molecule has 1 aromatic carbocycles. The van der Waals surface area contributed by atoms with E-state index in [0.29, 0.717) is 11.6 Å². The largest absolute Gasteiger partial charge is 0.465 e. The molecule has 4 heteroatoms. The van der Waals surface area contributed by atoms with Gasteiger partial charge in [0.15, 0.2) is 0 Å². The highest BCUT2D eigenvalue weighted by molar-refractivity contribution is 5.89. The van der Waals surface area contributed by atoms with Gasteiger partial charge in [0.25, 0.3) is 0 Å². The van der Waals surface area contributed by atoms with E-state index in [1.165, 1.54) is 25.5 Å². The number of nitrogens with zero attached hydrogens (tertiary/aromatic N) is 1. The van der Waals surface area contributed by atoms with E-state index in [2.05, 4.69) is 4.90 Å². The molecular formula is C16H23NO3. The van der Waals surface area contributed by atoms with E-state index in [0.717, 1.165) is 25.9 Å². The third-order valence-corrected chi connectivity index (χ3v) is 3.96. The van der Waals surface area contributed by atoms with Gasteiger partial charge in [-0.2, -0.15) is 0 Å². The summed E-state index contributed by atoms with van der Waals surface area (Å²) in [6.45, 7) is 2.31. The van der Waals surface area contributed by atoms with Crippen LogP contribution in [0.4, 0.5) is 0 Å². The number of ether oxygens (including phenoxy) is 1. The van der Waals surface area contributed by atoms with E-state index in [-0.39, 0.29) is 12.6 Å². The summed E-state index contributed by atoms with van der Waals surface area (Å²) >= 11 is 0. The standard InChI is InChI=1S/C16H23NO3/c1-20-16(19)14-8-6-13(7-9-14)12-17-10-2-4-15(17)5-3-11-18/h6-9,15,18H,2-5,10-12H2,1H3. The quantitative estimate of drug-likeness (QED) is 0.810. The van der Waals surface area contributed by atoms with Crippen molar-refractivity contribution in [1.29, 1.82) is 0 Å². The van der Waals surface area contributed by atoms with E-state index in [4.69, 9.17) is 9.84 Å². The van der Waals surface area contributed by atoms with Crippen LogP contribution >= 0.6 is 0 Å². The van der Waals surface area contributed by atoms with Gasteiger partial charge in [-0.05, 0) is 49.9 Å². The molecule has 0 amide bonds. The number of rotatable bonds is 6. The van der Waals surface area contributed by atoms with Gasteiger partial charge in [0, 0.05) is 19.2 Å². The number of esters is 1. The lowest BCUT2D eigenvalue weighted by Gasteiger charge is -2.24. The van der Waals surface area contributed by atoms with Crippen molar-refractivity contribution in [3.63, 3.8) is 0 Å². The predicted molar refractivity (Wildman–Crippen MR) is 77.5 cm³/mol. The number of aliphatic hydroxyl groups excluding tert-OH is 1. The molecule has 1 unspecified atom stereocenters. The van der Waals surface area contributed by atoms with Crippen molar-refractivity contribution in [2.24, 2.45) is 0 Å². The highest BCUT2D eigenvalue weighted by atomic mass is 16.5. The molecule has 0 aromatic heterocycles. The molecule has 0 aliphatic carbocycles. The monoisotopic (exact) mass is 277 g/mol. The van der Waals surface area contributed by atoms with E-state index in [1.54, 1.807) is 0 Å². The van der Waals surface area contributed by atoms with Crippen LogP contribution in [-0.2, 0) is 11.3 Å². The van der Waals surface area contributed by atoms with Crippen molar-refractivity contribution < 1.29 is 14.6 Å². The third-order valence-electron chi connectivity index (χ3n) is 3.96. The molecule has 20 heavy (non-hydrogen) atoms. The van der Waals surface area contributed by atoms with E-state index in [1.807, 2.05) is 24.3 Å². The van der Waals surface area contributed by atoms with Crippen LogP contribution < -0.4 is 0 Å². The molecule has 1 aliphatic rings. The second-order valence-electron chi connectivity index (χ2n) is 5.32. The number of carbonyl (C=O) groups excluding carboxylic acids is 1. The van der Waals surface area contributed by atoms with Gasteiger partial charge < -0.3 is 9.84 Å². The molecular weight excluding hydrogens is 254 g/mol. The Labute approximate surface area is 120 Å². The molecule has 1 aliphatic heterocycles. The number of aliphatic hydroxyl groups is 1. The maximum absolute atomic E-state index is 11.4. The summed E-state index contributed by atoms with van der Waals surface area (Å²) in [6.07, 6.45) is 4.40. The first kappa shape index (κ1) is 15.0. The zero-order valence-electron chi connectivity index (χ0n) is 12.0. The summed E-state index contributed by atoms with van der Waals surface area (Å²) in [5.74, 6) is -0.293. The summed E-state index contributed by atoms with van der Waals surface area (Å²) in [6, 6.07) is 8.21. The Morgan fingerprint density at radius 1 is 1.40 bits per heavy atom. The summed E-state index contributed by atoms with van der Waals surface area (Å²) < 4.78 is 4.70. The smallest absolute Gasteiger partial charge is 0.337 e. The Balaban J connectivity index is 1.93. The predicted octanol–water partition coefficient (Wildman–Crippen LogP) is 2.21. The van der Waals surface area contributed by atoms with Crippen LogP contribution in [0.3, 0.4) is 0 Å². The van der Waals surface area contributed by atoms with Gasteiger partial charge in [-0.3, -0.25) is 4.90 Å². The van der Waals surface area contributed by atoms with Crippen LogP contribution in [0, 0.1) is 0 Å². The first-order chi connectivity index (χ1) is 9.74. The van der Waals surface area contributed by atoms with Gasteiger partial charge in [-0.15, -0.1) is 0 Å². The van der Waals surface area contributed by atoms with E-state index < -0.39 is 0 Å². The number of likely N-dealkylation sites (tertiary alicyclic amines) is 1. The molecule has 1 aromatic rings. The van der Waals surface area contributed by atoms with Crippen molar-refractivity contribution in [3.8, 4) is 0 Å². The average molecular weight is 277 g/mol. The molecule has 0 bridgehead atoms. The molecule has 0 saturated carbocycles. The molecule has 2 rings (SSSR count). The molecule has 1 N–H and O–H groups in total. The van der Waals surface area contributed by atoms with Crippen LogP contribution in [0.1, 0.15) is 41.6 Å². The number of hydrogen-bond donors (Lipinski definition) is 1. The maximum Gasteiger partial charge on any atom is 0.337 e. The van der Waals surface area contributed by atoms with Crippen molar-refractivity contribution in [2.75, 3.05) is 20.3 Å². The Morgan fingerprint density at radius 3 is 2.80 bits per heavy atom. The Bertz CT molecular complexity index is 430. The number of methoxy groups -OCH3 is 1. The SMILES string of the molecule is COC(=O)c1ccc(CN2CCCC2CCCO)cc1. The minimum atomic E-state index is -0.293. The third kappa shape index (κ3) is 3.81. The Kier molecular flexibility index (Phi) is 5.56. The first-order valence-electron chi connectivity index (χ1n) is 7.26. The van der Waals surface area contributed by atoms with Crippen molar-refractivity contribution >= 4 is 5.97 Å². The fraction of sp³-hybridized carbons (Fsp3) is 0.562. The van der Waals surface area contributed by atoms with Crippen molar-refractivity contribution in [1.82, 2.24) is 4.90 Å². The van der Waals surface area contributed by atoms with Crippen molar-refractivity contribution in [3.05, 3.63) is 35.4 Å². The lowest BCUT2D eigenvalue weighted by atomic mass is 10.1. The summed E-state index contributed by atoms with van der Waals surface area (Å²) in [5, 5.41) is 8.95. The molecule has 4 nitrogen and oxygen atoms in total. The molecule has 1 heterocycles. The molecule has 110 valence electrons. The van der Waals surface area contributed by atoms with E-state index in [9.17, 15) is 4.79 Å². The zero-order valence-corrected chi connectivity index (χ0v) is 12.0. The fourth-order valence-corrected chi connectivity index (χ4v) is 2.86. The highest BCUT2D eigenvalue weighted by Crippen LogP contribution is 2.23. The topological polar surface area (TPSA) is 49.8 Å². The highest BCUT2D eigenvalue weighted by Gasteiger charge is 2.23. The number of benzene rings is 1. The van der Waals surface area contributed by atoms with Crippen LogP contribution in [0.2, 0.25) is 0 Å². The number of hydrogen-bond acceptors (Lipinski definition) is 4. The minimum absolute atomic E-state index is 0.276.